The van der Waals surface area contributed by atoms with Crippen LogP contribution < -0.4 is 5.32 Å². The highest BCUT2D eigenvalue weighted by molar-refractivity contribution is 7.89. The number of nitrogens with zero attached hydrogens (tertiary/aromatic N) is 2. The maximum Gasteiger partial charge on any atom is 0.251 e. The van der Waals surface area contributed by atoms with Crippen LogP contribution in [0.5, 0.6) is 0 Å². The lowest BCUT2D eigenvalue weighted by Gasteiger charge is -2.32. The van der Waals surface area contributed by atoms with E-state index in [0.717, 1.165) is 17.5 Å². The lowest BCUT2D eigenvalue weighted by atomic mass is 10.0. The lowest BCUT2D eigenvalue weighted by Crippen LogP contribution is -2.47. The molecule has 1 atom stereocenters. The van der Waals surface area contributed by atoms with Gasteiger partial charge in [0.2, 0.25) is 10.0 Å². The molecular weight excluding hydrogens is 398 g/mol. The number of aryl methyl sites for hydroxylation is 2. The number of rotatable bonds is 6. The van der Waals surface area contributed by atoms with E-state index in [-0.39, 0.29) is 16.8 Å². The summed E-state index contributed by atoms with van der Waals surface area (Å²) in [5.41, 5.74) is 3.21. The zero-order chi connectivity index (χ0) is 21.9. The first-order chi connectivity index (χ1) is 14.2. The molecule has 1 amide bonds. The standard InChI is InChI=1S/C23H31N3O3S/c1-5-21(19-9-6-17(2)7-10-19)24-23(27)20-11-8-18(3)22(16-20)30(28,29)26-14-12-25(4)13-15-26/h6-11,16,21H,5,12-15H2,1-4H3,(H,24,27). The van der Waals surface area contributed by atoms with Gasteiger partial charge in [-0.05, 0) is 50.6 Å². The average molecular weight is 430 g/mol. The van der Waals surface area contributed by atoms with Crippen molar-refractivity contribution in [2.75, 3.05) is 33.2 Å². The Morgan fingerprint density at radius 1 is 1.03 bits per heavy atom. The van der Waals surface area contributed by atoms with Crippen molar-refractivity contribution in [2.24, 2.45) is 0 Å². The maximum absolute atomic E-state index is 13.2. The van der Waals surface area contributed by atoms with Gasteiger partial charge < -0.3 is 10.2 Å². The zero-order valence-corrected chi connectivity index (χ0v) is 19.0. The maximum atomic E-state index is 13.2. The van der Waals surface area contributed by atoms with Crippen molar-refractivity contribution in [3.8, 4) is 0 Å². The summed E-state index contributed by atoms with van der Waals surface area (Å²) in [5, 5.41) is 3.05. The Morgan fingerprint density at radius 2 is 1.67 bits per heavy atom. The summed E-state index contributed by atoms with van der Waals surface area (Å²) in [6, 6.07) is 12.9. The molecule has 0 aliphatic carbocycles. The van der Waals surface area contributed by atoms with E-state index < -0.39 is 10.0 Å². The minimum absolute atomic E-state index is 0.128. The fourth-order valence-electron chi connectivity index (χ4n) is 3.65. The van der Waals surface area contributed by atoms with Gasteiger partial charge in [0.05, 0.1) is 10.9 Å². The summed E-state index contributed by atoms with van der Waals surface area (Å²) in [6.45, 7) is 8.13. The Labute approximate surface area is 179 Å². The van der Waals surface area contributed by atoms with Crippen LogP contribution in [0.15, 0.2) is 47.4 Å². The Bertz CT molecular complexity index is 995. The highest BCUT2D eigenvalue weighted by atomic mass is 32.2. The molecule has 2 aromatic rings. The normalized spacial score (nSPS) is 16.9. The fraction of sp³-hybridized carbons (Fsp3) is 0.435. The van der Waals surface area contributed by atoms with Gasteiger partial charge in [-0.1, -0.05) is 42.8 Å². The van der Waals surface area contributed by atoms with E-state index in [0.29, 0.717) is 37.3 Å². The van der Waals surface area contributed by atoms with E-state index in [2.05, 4.69) is 10.2 Å². The van der Waals surface area contributed by atoms with Gasteiger partial charge >= 0.3 is 0 Å². The third-order valence-corrected chi connectivity index (χ3v) is 7.76. The van der Waals surface area contributed by atoms with Gasteiger partial charge in [-0.25, -0.2) is 8.42 Å². The molecule has 1 aliphatic rings. The summed E-state index contributed by atoms with van der Waals surface area (Å²) < 4.78 is 27.9. The van der Waals surface area contributed by atoms with Gasteiger partial charge in [0.1, 0.15) is 0 Å². The van der Waals surface area contributed by atoms with Crippen molar-refractivity contribution in [1.29, 1.82) is 0 Å². The molecule has 1 heterocycles. The van der Waals surface area contributed by atoms with Crippen molar-refractivity contribution in [3.63, 3.8) is 0 Å². The molecule has 2 aromatic carbocycles. The van der Waals surface area contributed by atoms with Gasteiger partial charge in [0, 0.05) is 31.7 Å². The molecule has 3 rings (SSSR count). The highest BCUT2D eigenvalue weighted by Gasteiger charge is 2.29. The van der Waals surface area contributed by atoms with Crippen LogP contribution >= 0.6 is 0 Å². The molecule has 0 spiro atoms. The Morgan fingerprint density at radius 3 is 2.27 bits per heavy atom. The van der Waals surface area contributed by atoms with Crippen molar-refractivity contribution in [1.82, 2.24) is 14.5 Å². The fourth-order valence-corrected chi connectivity index (χ4v) is 5.32. The number of nitrogens with one attached hydrogen (secondary N) is 1. The number of sulfonamides is 1. The smallest absolute Gasteiger partial charge is 0.251 e. The van der Waals surface area contributed by atoms with Gasteiger partial charge in [-0.3, -0.25) is 4.79 Å². The predicted molar refractivity (Wildman–Crippen MR) is 119 cm³/mol. The molecule has 1 unspecified atom stereocenters. The van der Waals surface area contributed by atoms with Crippen LogP contribution in [0.3, 0.4) is 0 Å². The van der Waals surface area contributed by atoms with Crippen molar-refractivity contribution < 1.29 is 13.2 Å². The first-order valence-corrected chi connectivity index (χ1v) is 11.8. The van der Waals surface area contributed by atoms with E-state index in [1.165, 1.54) is 10.4 Å². The van der Waals surface area contributed by atoms with Crippen LogP contribution in [0, 0.1) is 13.8 Å². The summed E-state index contributed by atoms with van der Waals surface area (Å²) in [5.74, 6) is -0.266. The third kappa shape index (κ3) is 4.91. The number of hydrogen-bond donors (Lipinski definition) is 1. The summed E-state index contributed by atoms with van der Waals surface area (Å²) in [6.07, 6.45) is 0.743. The Balaban J connectivity index is 1.83. The van der Waals surface area contributed by atoms with E-state index in [1.54, 1.807) is 19.1 Å². The Hall–Kier alpha value is -2.22. The zero-order valence-electron chi connectivity index (χ0n) is 18.2. The topological polar surface area (TPSA) is 69.7 Å². The largest absolute Gasteiger partial charge is 0.345 e. The molecule has 7 heteroatoms. The van der Waals surface area contributed by atoms with Crippen molar-refractivity contribution in [2.45, 2.75) is 38.1 Å². The molecule has 0 aromatic heterocycles. The SMILES string of the molecule is CCC(NC(=O)c1ccc(C)c(S(=O)(=O)N2CCN(C)CC2)c1)c1ccc(C)cc1. The summed E-state index contributed by atoms with van der Waals surface area (Å²) >= 11 is 0. The van der Waals surface area contributed by atoms with Gasteiger partial charge in [-0.15, -0.1) is 0 Å². The first-order valence-electron chi connectivity index (χ1n) is 10.4. The van der Waals surface area contributed by atoms with Crippen molar-refractivity contribution >= 4 is 15.9 Å². The minimum atomic E-state index is -3.64. The van der Waals surface area contributed by atoms with Crippen LogP contribution in [0.25, 0.3) is 0 Å². The first kappa shape index (κ1) is 22.5. The second-order valence-corrected chi connectivity index (χ2v) is 9.94. The summed E-state index contributed by atoms with van der Waals surface area (Å²) in [7, 11) is -1.65. The Kier molecular flexibility index (Phi) is 6.95. The van der Waals surface area contributed by atoms with Crippen LogP contribution in [-0.4, -0.2) is 56.8 Å². The van der Waals surface area contributed by atoms with E-state index >= 15 is 0 Å². The number of likely N-dealkylation sites (N-methyl/N-ethyl adjacent to an activating group) is 1. The van der Waals surface area contributed by atoms with Gasteiger partial charge in [0.25, 0.3) is 5.91 Å². The molecular formula is C23H31N3O3S. The number of benzene rings is 2. The van der Waals surface area contributed by atoms with Crippen molar-refractivity contribution in [3.05, 3.63) is 64.7 Å². The number of carbonyl (C=O) groups excluding carboxylic acids is 1. The summed E-state index contributed by atoms with van der Waals surface area (Å²) in [4.78, 5) is 15.3. The molecule has 0 saturated carbocycles. The highest BCUT2D eigenvalue weighted by Crippen LogP contribution is 2.24. The molecule has 0 radical (unpaired) electrons. The van der Waals surface area contributed by atoms with E-state index in [9.17, 15) is 13.2 Å². The van der Waals surface area contributed by atoms with Gasteiger partial charge in [-0.2, -0.15) is 4.31 Å². The van der Waals surface area contributed by atoms with Gasteiger partial charge in [0.15, 0.2) is 0 Å². The molecule has 1 N–H and O–H groups in total. The quantitative estimate of drug-likeness (QED) is 0.766. The van der Waals surface area contributed by atoms with Crippen LogP contribution in [0.4, 0.5) is 0 Å². The van der Waals surface area contributed by atoms with Crippen LogP contribution in [0.1, 0.15) is 46.4 Å². The molecule has 162 valence electrons. The number of hydrogen-bond acceptors (Lipinski definition) is 4. The molecule has 1 fully saturated rings. The number of piperazine rings is 1. The number of carbonyl (C=O) groups is 1. The third-order valence-electron chi connectivity index (χ3n) is 5.72. The second-order valence-electron chi connectivity index (χ2n) is 8.03. The van der Waals surface area contributed by atoms with E-state index in [1.807, 2.05) is 45.2 Å². The minimum Gasteiger partial charge on any atom is -0.345 e. The molecule has 1 saturated heterocycles. The molecule has 0 bridgehead atoms. The monoisotopic (exact) mass is 429 g/mol. The second kappa shape index (κ2) is 9.29. The predicted octanol–water partition coefficient (Wildman–Crippen LogP) is 3.12. The lowest BCUT2D eigenvalue weighted by molar-refractivity contribution is 0.0935. The number of amides is 1. The van der Waals surface area contributed by atoms with E-state index in [4.69, 9.17) is 0 Å². The molecule has 1 aliphatic heterocycles. The van der Waals surface area contributed by atoms with Crippen LogP contribution in [0.2, 0.25) is 0 Å². The molecule has 6 nitrogen and oxygen atoms in total. The van der Waals surface area contributed by atoms with Crippen LogP contribution in [-0.2, 0) is 10.0 Å². The molecule has 30 heavy (non-hydrogen) atoms. The average Bonchev–Trinajstić information content (AvgIpc) is 2.73.